The lowest BCUT2D eigenvalue weighted by molar-refractivity contribution is -0.125. The van der Waals surface area contributed by atoms with Gasteiger partial charge in [0.15, 0.2) is 0 Å². The Bertz CT molecular complexity index is 388. The summed E-state index contributed by atoms with van der Waals surface area (Å²) in [6.45, 7) is 8.17. The first-order chi connectivity index (χ1) is 8.74. The Kier molecular flexibility index (Phi) is 5.11. The lowest BCUT2D eigenvalue weighted by Gasteiger charge is -2.37. The van der Waals surface area contributed by atoms with Crippen molar-refractivity contribution in [1.29, 1.82) is 0 Å². The molecule has 0 fully saturated rings. The van der Waals surface area contributed by atoms with Crippen LogP contribution < -0.4 is 16.6 Å². The summed E-state index contributed by atoms with van der Waals surface area (Å²) in [4.78, 5) is 23.1. The second-order valence-electron chi connectivity index (χ2n) is 6.11. The Labute approximate surface area is 115 Å². The standard InChI is InChI=1S/C14H25N3O2/c1-9-6-5-7-14(3,4)12(9)11(18)8-10(2)16-17-13(15)19/h6,10,12,16H,5,7-8H2,1-4H3,(H3,15,17,19)/t10-,12+/m1/s1. The Morgan fingerprint density at radius 2 is 2.16 bits per heavy atom. The second kappa shape index (κ2) is 6.19. The molecule has 2 atom stereocenters. The van der Waals surface area contributed by atoms with Crippen molar-refractivity contribution in [3.63, 3.8) is 0 Å². The number of Topliss-reactive ketones (excluding diaryl/α,β-unsaturated/α-hetero) is 1. The summed E-state index contributed by atoms with van der Waals surface area (Å²) in [7, 11) is 0. The predicted octanol–water partition coefficient (Wildman–Crippen LogP) is 1.89. The molecule has 0 saturated carbocycles. The molecule has 0 saturated heterocycles. The maximum absolute atomic E-state index is 12.5. The van der Waals surface area contributed by atoms with E-state index in [-0.39, 0.29) is 23.2 Å². The summed E-state index contributed by atoms with van der Waals surface area (Å²) in [5.74, 6) is 0.184. The van der Waals surface area contributed by atoms with Gasteiger partial charge in [-0.1, -0.05) is 25.5 Å². The average molecular weight is 267 g/mol. The average Bonchev–Trinajstić information content (AvgIpc) is 2.24. The molecule has 5 heteroatoms. The van der Waals surface area contributed by atoms with E-state index in [1.54, 1.807) is 0 Å². The van der Waals surface area contributed by atoms with Crippen LogP contribution in [0.3, 0.4) is 0 Å². The van der Waals surface area contributed by atoms with Gasteiger partial charge in [0.05, 0.1) is 0 Å². The first kappa shape index (κ1) is 15.7. The maximum atomic E-state index is 12.5. The number of allylic oxidation sites excluding steroid dienone is 2. The smallest absolute Gasteiger partial charge is 0.326 e. The topological polar surface area (TPSA) is 84.2 Å². The van der Waals surface area contributed by atoms with Gasteiger partial charge in [-0.05, 0) is 32.1 Å². The molecule has 1 aliphatic rings. The van der Waals surface area contributed by atoms with Crippen LogP contribution in [0, 0.1) is 11.3 Å². The number of carbonyl (C=O) groups is 2. The van der Waals surface area contributed by atoms with Crippen molar-refractivity contribution in [1.82, 2.24) is 10.9 Å². The predicted molar refractivity (Wildman–Crippen MR) is 75.2 cm³/mol. The van der Waals surface area contributed by atoms with Gasteiger partial charge < -0.3 is 5.73 Å². The van der Waals surface area contributed by atoms with E-state index in [0.29, 0.717) is 6.42 Å². The Balaban J connectivity index is 2.63. The number of hydrogen-bond donors (Lipinski definition) is 3. The molecule has 0 aliphatic heterocycles. The third-order valence-corrected chi connectivity index (χ3v) is 3.76. The minimum Gasteiger partial charge on any atom is -0.351 e. The largest absolute Gasteiger partial charge is 0.351 e. The summed E-state index contributed by atoms with van der Waals surface area (Å²) in [5, 5.41) is 0. The number of amides is 2. The number of nitrogens with two attached hydrogens (primary N) is 1. The molecule has 108 valence electrons. The molecule has 5 nitrogen and oxygen atoms in total. The number of primary amides is 1. The Morgan fingerprint density at radius 3 is 2.68 bits per heavy atom. The van der Waals surface area contributed by atoms with Gasteiger partial charge in [0, 0.05) is 18.4 Å². The summed E-state index contributed by atoms with van der Waals surface area (Å²) < 4.78 is 0. The van der Waals surface area contributed by atoms with E-state index in [9.17, 15) is 9.59 Å². The van der Waals surface area contributed by atoms with Crippen molar-refractivity contribution in [2.45, 2.75) is 53.0 Å². The van der Waals surface area contributed by atoms with E-state index in [1.165, 1.54) is 0 Å². The summed E-state index contributed by atoms with van der Waals surface area (Å²) >= 11 is 0. The molecule has 0 radical (unpaired) electrons. The number of hydrazine groups is 1. The van der Waals surface area contributed by atoms with Crippen LogP contribution in [0.2, 0.25) is 0 Å². The Hall–Kier alpha value is -1.36. The van der Waals surface area contributed by atoms with Crippen LogP contribution in [-0.2, 0) is 4.79 Å². The quantitative estimate of drug-likeness (QED) is 0.525. The molecule has 0 aromatic carbocycles. The van der Waals surface area contributed by atoms with Gasteiger partial charge >= 0.3 is 6.03 Å². The van der Waals surface area contributed by atoms with Crippen molar-refractivity contribution in [2.24, 2.45) is 17.1 Å². The molecule has 0 bridgehead atoms. The summed E-state index contributed by atoms with van der Waals surface area (Å²) in [5.41, 5.74) is 11.2. The molecule has 0 aromatic rings. The molecule has 4 N–H and O–H groups in total. The first-order valence-electron chi connectivity index (χ1n) is 6.74. The third-order valence-electron chi connectivity index (χ3n) is 3.76. The molecule has 1 rings (SSSR count). The number of hydrogen-bond acceptors (Lipinski definition) is 3. The van der Waals surface area contributed by atoms with E-state index < -0.39 is 6.03 Å². The highest BCUT2D eigenvalue weighted by atomic mass is 16.2. The van der Waals surface area contributed by atoms with Crippen LogP contribution in [0.25, 0.3) is 0 Å². The highest BCUT2D eigenvalue weighted by molar-refractivity contribution is 5.85. The zero-order chi connectivity index (χ0) is 14.6. The van der Waals surface area contributed by atoms with E-state index in [0.717, 1.165) is 18.4 Å². The van der Waals surface area contributed by atoms with Gasteiger partial charge in [-0.2, -0.15) is 0 Å². The van der Waals surface area contributed by atoms with Gasteiger partial charge in [-0.3, -0.25) is 10.2 Å². The molecule has 19 heavy (non-hydrogen) atoms. The van der Waals surface area contributed by atoms with Crippen LogP contribution in [0.4, 0.5) is 4.79 Å². The Morgan fingerprint density at radius 1 is 1.53 bits per heavy atom. The lowest BCUT2D eigenvalue weighted by Crippen LogP contribution is -2.47. The van der Waals surface area contributed by atoms with Gasteiger partial charge in [-0.25, -0.2) is 10.2 Å². The van der Waals surface area contributed by atoms with Crippen LogP contribution in [0.5, 0.6) is 0 Å². The zero-order valence-electron chi connectivity index (χ0n) is 12.2. The lowest BCUT2D eigenvalue weighted by atomic mass is 9.66. The van der Waals surface area contributed by atoms with E-state index in [2.05, 4.69) is 30.8 Å². The fraction of sp³-hybridized carbons (Fsp3) is 0.714. The molecule has 0 heterocycles. The summed E-state index contributed by atoms with van der Waals surface area (Å²) in [6.07, 6.45) is 4.61. The molecular formula is C14H25N3O2. The molecule has 0 unspecified atom stereocenters. The van der Waals surface area contributed by atoms with Crippen molar-refractivity contribution < 1.29 is 9.59 Å². The maximum Gasteiger partial charge on any atom is 0.326 e. The molecule has 1 aliphatic carbocycles. The van der Waals surface area contributed by atoms with Crippen molar-refractivity contribution in [3.8, 4) is 0 Å². The SMILES string of the molecule is CC1=CCCC(C)(C)[C@@H]1C(=O)C[C@@H](C)NNC(N)=O. The van der Waals surface area contributed by atoms with Crippen LogP contribution in [0.15, 0.2) is 11.6 Å². The summed E-state index contributed by atoms with van der Waals surface area (Å²) in [6, 6.07) is -0.779. The van der Waals surface area contributed by atoms with Crippen LogP contribution in [-0.4, -0.2) is 17.9 Å². The number of urea groups is 1. The molecular weight excluding hydrogens is 242 g/mol. The molecule has 0 spiro atoms. The number of ketones is 1. The molecule has 2 amide bonds. The number of rotatable bonds is 5. The minimum absolute atomic E-state index is 0.00670. The number of nitrogens with one attached hydrogen (secondary N) is 2. The van der Waals surface area contributed by atoms with Crippen molar-refractivity contribution in [2.75, 3.05) is 0 Å². The van der Waals surface area contributed by atoms with Crippen molar-refractivity contribution in [3.05, 3.63) is 11.6 Å². The zero-order valence-corrected chi connectivity index (χ0v) is 12.2. The van der Waals surface area contributed by atoms with E-state index >= 15 is 0 Å². The van der Waals surface area contributed by atoms with Gasteiger partial charge in [0.25, 0.3) is 0 Å². The first-order valence-corrected chi connectivity index (χ1v) is 6.74. The van der Waals surface area contributed by atoms with Crippen LogP contribution >= 0.6 is 0 Å². The second-order valence-corrected chi connectivity index (χ2v) is 6.11. The van der Waals surface area contributed by atoms with Gasteiger partial charge in [0.2, 0.25) is 0 Å². The third kappa shape index (κ3) is 4.35. The minimum atomic E-state index is -0.645. The van der Waals surface area contributed by atoms with Gasteiger partial charge in [-0.15, -0.1) is 0 Å². The highest BCUT2D eigenvalue weighted by Gasteiger charge is 2.37. The normalized spacial score (nSPS) is 23.4. The fourth-order valence-corrected chi connectivity index (χ4v) is 2.91. The van der Waals surface area contributed by atoms with E-state index in [4.69, 9.17) is 5.73 Å². The van der Waals surface area contributed by atoms with Crippen LogP contribution in [0.1, 0.15) is 47.0 Å². The van der Waals surface area contributed by atoms with Gasteiger partial charge in [0.1, 0.15) is 5.78 Å². The van der Waals surface area contributed by atoms with Crippen molar-refractivity contribution >= 4 is 11.8 Å². The fourth-order valence-electron chi connectivity index (χ4n) is 2.91. The monoisotopic (exact) mass is 267 g/mol. The van der Waals surface area contributed by atoms with E-state index in [1.807, 2.05) is 13.8 Å². The highest BCUT2D eigenvalue weighted by Crippen LogP contribution is 2.41. The molecule has 0 aromatic heterocycles. The number of carbonyl (C=O) groups excluding carboxylic acids is 2.